The molecule has 0 fully saturated rings. The van der Waals surface area contributed by atoms with Gasteiger partial charge in [-0.3, -0.25) is 5.10 Å². The molecule has 0 aliphatic carbocycles. The van der Waals surface area contributed by atoms with Gasteiger partial charge in [0, 0.05) is 12.0 Å². The van der Waals surface area contributed by atoms with Gasteiger partial charge in [-0.25, -0.2) is 4.98 Å². The smallest absolute Gasteiger partial charge is 0.155 e. The summed E-state index contributed by atoms with van der Waals surface area (Å²) in [6, 6.07) is 6.12. The molecule has 0 bridgehead atoms. The molecule has 0 spiro atoms. The fraction of sp³-hybridized carbons (Fsp3) is 0.200. The van der Waals surface area contributed by atoms with Crippen LogP contribution in [-0.2, 0) is 6.42 Å². The molecule has 14 heavy (non-hydrogen) atoms. The summed E-state index contributed by atoms with van der Waals surface area (Å²) in [6.45, 7) is 0.787. The second kappa shape index (κ2) is 2.83. The van der Waals surface area contributed by atoms with E-state index in [1.54, 1.807) is 0 Å². The summed E-state index contributed by atoms with van der Waals surface area (Å²) in [5, 5.41) is 6.64. The normalized spacial score (nSPS) is 13.7. The second-order valence-electron chi connectivity index (χ2n) is 3.26. The average molecular weight is 187 g/mol. The second-order valence-corrected chi connectivity index (χ2v) is 3.26. The molecule has 1 aromatic carbocycles. The first-order valence-electron chi connectivity index (χ1n) is 4.55. The molecule has 1 N–H and O–H groups in total. The Labute approximate surface area is 80.9 Å². The van der Waals surface area contributed by atoms with Crippen LogP contribution in [0.1, 0.15) is 5.56 Å². The number of aromatic amines is 1. The topological polar surface area (TPSA) is 50.8 Å². The van der Waals surface area contributed by atoms with Gasteiger partial charge >= 0.3 is 0 Å². The number of nitrogens with one attached hydrogen (secondary N) is 1. The number of H-pyrrole nitrogens is 1. The molecule has 2 aromatic rings. The Morgan fingerprint density at radius 2 is 2.36 bits per heavy atom. The van der Waals surface area contributed by atoms with Crippen LogP contribution in [0.3, 0.4) is 0 Å². The number of rotatable bonds is 1. The lowest BCUT2D eigenvalue weighted by molar-refractivity contribution is 0.357. The highest BCUT2D eigenvalue weighted by molar-refractivity contribution is 5.59. The third-order valence-corrected chi connectivity index (χ3v) is 2.38. The lowest BCUT2D eigenvalue weighted by Gasteiger charge is -2.00. The van der Waals surface area contributed by atoms with Crippen molar-refractivity contribution in [1.82, 2.24) is 15.2 Å². The summed E-state index contributed by atoms with van der Waals surface area (Å²) in [7, 11) is 0. The van der Waals surface area contributed by atoms with Crippen LogP contribution >= 0.6 is 0 Å². The van der Waals surface area contributed by atoms with Gasteiger partial charge in [0.1, 0.15) is 12.1 Å². The first-order valence-corrected chi connectivity index (χ1v) is 4.55. The summed E-state index contributed by atoms with van der Waals surface area (Å²) in [4.78, 5) is 4.09. The third kappa shape index (κ3) is 1.08. The average Bonchev–Trinajstić information content (AvgIpc) is 2.88. The van der Waals surface area contributed by atoms with Crippen molar-refractivity contribution in [3.8, 4) is 17.1 Å². The van der Waals surface area contributed by atoms with E-state index in [9.17, 15) is 0 Å². The van der Waals surface area contributed by atoms with Gasteiger partial charge in [0.25, 0.3) is 0 Å². The van der Waals surface area contributed by atoms with Crippen molar-refractivity contribution in [2.45, 2.75) is 6.42 Å². The van der Waals surface area contributed by atoms with Crippen LogP contribution in [0.2, 0.25) is 0 Å². The minimum absolute atomic E-state index is 0.781. The molecule has 0 radical (unpaired) electrons. The summed E-state index contributed by atoms with van der Waals surface area (Å²) in [5.41, 5.74) is 2.29. The summed E-state index contributed by atoms with van der Waals surface area (Å²) in [5.74, 6) is 1.75. The van der Waals surface area contributed by atoms with Crippen molar-refractivity contribution in [2.75, 3.05) is 6.61 Å². The van der Waals surface area contributed by atoms with Crippen LogP contribution < -0.4 is 4.74 Å². The lowest BCUT2D eigenvalue weighted by Crippen LogP contribution is -1.86. The SMILES string of the molecule is c1n[nH]c(-c2ccc3c(c2)OCC3)n1. The van der Waals surface area contributed by atoms with Gasteiger partial charge in [0.2, 0.25) is 0 Å². The maximum Gasteiger partial charge on any atom is 0.155 e. The Bertz CT molecular complexity index is 450. The molecule has 0 unspecified atom stereocenters. The van der Waals surface area contributed by atoms with Gasteiger partial charge < -0.3 is 4.74 Å². The van der Waals surface area contributed by atoms with Crippen LogP contribution in [0.5, 0.6) is 5.75 Å². The highest BCUT2D eigenvalue weighted by atomic mass is 16.5. The van der Waals surface area contributed by atoms with Crippen LogP contribution in [0.4, 0.5) is 0 Å². The van der Waals surface area contributed by atoms with Gasteiger partial charge in [-0.15, -0.1) is 0 Å². The largest absolute Gasteiger partial charge is 0.493 e. The van der Waals surface area contributed by atoms with E-state index < -0.39 is 0 Å². The predicted octanol–water partition coefficient (Wildman–Crippen LogP) is 1.41. The van der Waals surface area contributed by atoms with Crippen molar-refractivity contribution in [1.29, 1.82) is 0 Å². The van der Waals surface area contributed by atoms with Crippen LogP contribution in [-0.4, -0.2) is 21.8 Å². The van der Waals surface area contributed by atoms with E-state index in [0.29, 0.717) is 0 Å². The van der Waals surface area contributed by atoms with Crippen molar-refractivity contribution in [2.24, 2.45) is 0 Å². The Morgan fingerprint density at radius 3 is 3.21 bits per heavy atom. The molecule has 70 valence electrons. The standard InChI is InChI=1S/C10H9N3O/c1-2-8(10-11-6-12-13-10)5-9-7(1)3-4-14-9/h1-2,5-6H,3-4H2,(H,11,12,13). The quantitative estimate of drug-likeness (QED) is 0.734. The molecule has 0 amide bonds. The number of aromatic nitrogens is 3. The molecule has 1 aliphatic heterocycles. The van der Waals surface area contributed by atoms with Gasteiger partial charge in [0.15, 0.2) is 5.82 Å². The first-order chi connectivity index (χ1) is 6.93. The Hall–Kier alpha value is -1.84. The maximum absolute atomic E-state index is 5.48. The van der Waals surface area contributed by atoms with E-state index in [1.165, 1.54) is 11.9 Å². The van der Waals surface area contributed by atoms with E-state index >= 15 is 0 Å². The first kappa shape index (κ1) is 7.55. The molecule has 4 nitrogen and oxygen atoms in total. The van der Waals surface area contributed by atoms with E-state index in [2.05, 4.69) is 21.2 Å². The van der Waals surface area contributed by atoms with Crippen molar-refractivity contribution < 1.29 is 4.74 Å². The highest BCUT2D eigenvalue weighted by Crippen LogP contribution is 2.29. The molecular formula is C10H9N3O. The minimum atomic E-state index is 0.781. The van der Waals surface area contributed by atoms with Crippen molar-refractivity contribution in [3.63, 3.8) is 0 Å². The van der Waals surface area contributed by atoms with Gasteiger partial charge in [0.05, 0.1) is 6.61 Å². The number of benzene rings is 1. The van der Waals surface area contributed by atoms with Gasteiger partial charge in [-0.1, -0.05) is 12.1 Å². The number of hydrogen-bond donors (Lipinski definition) is 1. The van der Waals surface area contributed by atoms with Crippen LogP contribution in [0.25, 0.3) is 11.4 Å². The Balaban J connectivity index is 2.09. The van der Waals surface area contributed by atoms with E-state index in [-0.39, 0.29) is 0 Å². The van der Waals surface area contributed by atoms with E-state index in [1.807, 2.05) is 12.1 Å². The monoisotopic (exact) mass is 187 g/mol. The zero-order valence-corrected chi connectivity index (χ0v) is 7.53. The van der Waals surface area contributed by atoms with Crippen molar-refractivity contribution >= 4 is 0 Å². The molecule has 4 heteroatoms. The Morgan fingerprint density at radius 1 is 1.36 bits per heavy atom. The fourth-order valence-corrected chi connectivity index (χ4v) is 1.66. The van der Waals surface area contributed by atoms with Gasteiger partial charge in [-0.05, 0) is 11.6 Å². The zero-order chi connectivity index (χ0) is 9.38. The van der Waals surface area contributed by atoms with Crippen LogP contribution in [0, 0.1) is 0 Å². The lowest BCUT2D eigenvalue weighted by atomic mass is 10.1. The fourth-order valence-electron chi connectivity index (χ4n) is 1.66. The highest BCUT2D eigenvalue weighted by Gasteiger charge is 2.13. The third-order valence-electron chi connectivity index (χ3n) is 2.38. The molecule has 0 saturated carbocycles. The summed E-state index contributed by atoms with van der Waals surface area (Å²) < 4.78 is 5.48. The molecule has 3 rings (SSSR count). The maximum atomic E-state index is 5.48. The predicted molar refractivity (Wildman–Crippen MR) is 51.0 cm³/mol. The number of hydrogen-bond acceptors (Lipinski definition) is 3. The van der Waals surface area contributed by atoms with Crippen molar-refractivity contribution in [3.05, 3.63) is 30.1 Å². The minimum Gasteiger partial charge on any atom is -0.493 e. The van der Waals surface area contributed by atoms with Crippen LogP contribution in [0.15, 0.2) is 24.5 Å². The summed E-state index contributed by atoms with van der Waals surface area (Å²) >= 11 is 0. The van der Waals surface area contributed by atoms with E-state index in [4.69, 9.17) is 4.74 Å². The molecule has 2 heterocycles. The van der Waals surface area contributed by atoms with Gasteiger partial charge in [-0.2, -0.15) is 5.10 Å². The molecule has 0 atom stereocenters. The molecule has 0 saturated heterocycles. The number of nitrogens with zero attached hydrogens (tertiary/aromatic N) is 2. The Kier molecular flexibility index (Phi) is 1.53. The molecule has 1 aliphatic rings. The summed E-state index contributed by atoms with van der Waals surface area (Å²) in [6.07, 6.45) is 2.51. The zero-order valence-electron chi connectivity index (χ0n) is 7.53. The number of fused-ring (bicyclic) bond motifs is 1. The molecule has 1 aromatic heterocycles. The molecular weight excluding hydrogens is 178 g/mol. The van der Waals surface area contributed by atoms with E-state index in [0.717, 1.165) is 30.2 Å². The number of ether oxygens (including phenoxy) is 1.